The maximum atomic E-state index is 12.3. The van der Waals surface area contributed by atoms with Gasteiger partial charge in [-0.1, -0.05) is 48.5 Å². The zero-order valence-corrected chi connectivity index (χ0v) is 14.7. The van der Waals surface area contributed by atoms with Crippen molar-refractivity contribution >= 4 is 5.91 Å². The van der Waals surface area contributed by atoms with E-state index >= 15 is 0 Å². The Balaban J connectivity index is 1.73. The van der Waals surface area contributed by atoms with Gasteiger partial charge in [-0.15, -0.1) is 0 Å². The molecule has 0 heterocycles. The second-order valence-electron chi connectivity index (χ2n) is 5.97. The van der Waals surface area contributed by atoms with E-state index in [2.05, 4.69) is 5.32 Å². The minimum atomic E-state index is -0.200. The molecule has 2 aromatic rings. The lowest BCUT2D eigenvalue weighted by atomic mass is 10.2. The average Bonchev–Trinajstić information content (AvgIpc) is 2.61. The number of carbonyl (C=O) groups is 1. The summed E-state index contributed by atoms with van der Waals surface area (Å²) in [5, 5.41) is 2.98. The number of likely N-dealkylation sites (N-methyl/N-ethyl adjacent to an activating group) is 1. The van der Waals surface area contributed by atoms with E-state index in [1.165, 1.54) is 0 Å². The van der Waals surface area contributed by atoms with Gasteiger partial charge in [-0.3, -0.25) is 9.69 Å². The molecule has 0 saturated heterocycles. The van der Waals surface area contributed by atoms with E-state index in [9.17, 15) is 4.79 Å². The van der Waals surface area contributed by atoms with Gasteiger partial charge in [0.25, 0.3) is 0 Å². The predicted octanol–water partition coefficient (Wildman–Crippen LogP) is 3.01. The topological polar surface area (TPSA) is 41.6 Å². The number of nitrogens with one attached hydrogen (secondary N) is 1. The summed E-state index contributed by atoms with van der Waals surface area (Å²) in [4.78, 5) is 14.3. The maximum Gasteiger partial charge on any atom is 0.237 e. The van der Waals surface area contributed by atoms with Gasteiger partial charge in [-0.2, -0.15) is 0 Å². The lowest BCUT2D eigenvalue weighted by Crippen LogP contribution is -2.44. The normalized spacial score (nSPS) is 12.0. The van der Waals surface area contributed by atoms with Gasteiger partial charge in [0.05, 0.1) is 6.04 Å². The molecule has 0 bridgehead atoms. The number of nitrogens with zero attached hydrogens (tertiary/aromatic N) is 1. The van der Waals surface area contributed by atoms with Gasteiger partial charge in [-0.25, -0.2) is 0 Å². The van der Waals surface area contributed by atoms with Crippen LogP contribution in [0.4, 0.5) is 0 Å². The number of aryl methyl sites for hydroxylation is 1. The molecule has 1 atom stereocenters. The molecule has 24 heavy (non-hydrogen) atoms. The highest BCUT2D eigenvalue weighted by molar-refractivity contribution is 5.81. The summed E-state index contributed by atoms with van der Waals surface area (Å²) < 4.78 is 5.79. The Labute approximate surface area is 144 Å². The third-order valence-corrected chi connectivity index (χ3v) is 4.15. The molecule has 2 aromatic carbocycles. The molecule has 0 unspecified atom stereocenters. The summed E-state index contributed by atoms with van der Waals surface area (Å²) in [6, 6.07) is 17.7. The number of ether oxygens (including phenoxy) is 1. The molecule has 0 radical (unpaired) electrons. The average molecular weight is 326 g/mol. The van der Waals surface area contributed by atoms with Gasteiger partial charge in [0, 0.05) is 13.1 Å². The van der Waals surface area contributed by atoms with Crippen molar-refractivity contribution in [2.75, 3.05) is 20.2 Å². The van der Waals surface area contributed by atoms with E-state index in [0.29, 0.717) is 19.7 Å². The fraction of sp³-hybridized carbons (Fsp3) is 0.350. The Kier molecular flexibility index (Phi) is 6.82. The van der Waals surface area contributed by atoms with Crippen molar-refractivity contribution < 1.29 is 9.53 Å². The summed E-state index contributed by atoms with van der Waals surface area (Å²) in [6.45, 7) is 5.73. The van der Waals surface area contributed by atoms with Crippen LogP contribution in [-0.4, -0.2) is 37.0 Å². The van der Waals surface area contributed by atoms with Crippen molar-refractivity contribution in [1.29, 1.82) is 0 Å². The number of amides is 1. The van der Waals surface area contributed by atoms with Crippen LogP contribution in [0, 0.1) is 6.92 Å². The third-order valence-electron chi connectivity index (χ3n) is 4.15. The van der Waals surface area contributed by atoms with Crippen molar-refractivity contribution in [3.8, 4) is 5.75 Å². The Hall–Kier alpha value is -2.33. The lowest BCUT2D eigenvalue weighted by molar-refractivity contribution is -0.125. The molecule has 0 spiro atoms. The van der Waals surface area contributed by atoms with Crippen molar-refractivity contribution in [3.63, 3.8) is 0 Å². The smallest absolute Gasteiger partial charge is 0.237 e. The van der Waals surface area contributed by atoms with Gasteiger partial charge in [0.15, 0.2) is 0 Å². The molecule has 0 aliphatic carbocycles. The first-order chi connectivity index (χ1) is 11.6. The highest BCUT2D eigenvalue weighted by Gasteiger charge is 2.17. The molecule has 0 saturated carbocycles. The van der Waals surface area contributed by atoms with Crippen LogP contribution in [-0.2, 0) is 11.3 Å². The zero-order valence-electron chi connectivity index (χ0n) is 14.7. The Morgan fingerprint density at radius 2 is 1.79 bits per heavy atom. The summed E-state index contributed by atoms with van der Waals surface area (Å²) in [5.74, 6) is 0.921. The first kappa shape index (κ1) is 18.0. The minimum Gasteiger partial charge on any atom is -0.492 e. The van der Waals surface area contributed by atoms with E-state index in [0.717, 1.165) is 16.9 Å². The second-order valence-corrected chi connectivity index (χ2v) is 5.97. The minimum absolute atomic E-state index is 0.0252. The summed E-state index contributed by atoms with van der Waals surface area (Å²) in [7, 11) is 1.94. The summed E-state index contributed by atoms with van der Waals surface area (Å²) in [6.07, 6.45) is 0. The fourth-order valence-corrected chi connectivity index (χ4v) is 2.34. The van der Waals surface area contributed by atoms with Crippen LogP contribution in [0.15, 0.2) is 54.6 Å². The Morgan fingerprint density at radius 1 is 1.12 bits per heavy atom. The summed E-state index contributed by atoms with van der Waals surface area (Å²) in [5.41, 5.74) is 2.22. The lowest BCUT2D eigenvalue weighted by Gasteiger charge is -2.24. The summed E-state index contributed by atoms with van der Waals surface area (Å²) >= 11 is 0. The second kappa shape index (κ2) is 9.08. The molecular formula is C20H26N2O2. The van der Waals surface area contributed by atoms with E-state index < -0.39 is 0 Å². The SMILES string of the molecule is Cc1ccccc1OCCN(C)[C@@H](C)C(=O)NCc1ccccc1. The van der Waals surface area contributed by atoms with Crippen LogP contribution in [0.3, 0.4) is 0 Å². The third kappa shape index (κ3) is 5.39. The van der Waals surface area contributed by atoms with Gasteiger partial charge < -0.3 is 10.1 Å². The monoisotopic (exact) mass is 326 g/mol. The zero-order chi connectivity index (χ0) is 17.4. The van der Waals surface area contributed by atoms with Crippen molar-refractivity contribution in [1.82, 2.24) is 10.2 Å². The first-order valence-electron chi connectivity index (χ1n) is 8.28. The highest BCUT2D eigenvalue weighted by atomic mass is 16.5. The highest BCUT2D eigenvalue weighted by Crippen LogP contribution is 2.15. The van der Waals surface area contributed by atoms with E-state index in [4.69, 9.17) is 4.74 Å². The Morgan fingerprint density at radius 3 is 2.50 bits per heavy atom. The molecule has 1 N–H and O–H groups in total. The molecule has 4 heteroatoms. The first-order valence-corrected chi connectivity index (χ1v) is 8.28. The predicted molar refractivity (Wildman–Crippen MR) is 97.1 cm³/mol. The molecule has 0 fully saturated rings. The van der Waals surface area contributed by atoms with E-state index in [1.807, 2.05) is 80.4 Å². The van der Waals surface area contributed by atoms with E-state index in [1.54, 1.807) is 0 Å². The van der Waals surface area contributed by atoms with Crippen LogP contribution in [0.5, 0.6) is 5.75 Å². The van der Waals surface area contributed by atoms with Crippen molar-refractivity contribution in [2.45, 2.75) is 26.4 Å². The molecule has 0 aliphatic rings. The van der Waals surface area contributed by atoms with Crippen molar-refractivity contribution in [2.24, 2.45) is 0 Å². The number of para-hydroxylation sites is 1. The molecule has 2 rings (SSSR count). The van der Waals surface area contributed by atoms with Crippen molar-refractivity contribution in [3.05, 3.63) is 65.7 Å². The number of rotatable bonds is 8. The Bertz CT molecular complexity index is 643. The quantitative estimate of drug-likeness (QED) is 0.811. The van der Waals surface area contributed by atoms with Gasteiger partial charge in [0.1, 0.15) is 12.4 Å². The van der Waals surface area contributed by atoms with Crippen LogP contribution >= 0.6 is 0 Å². The van der Waals surface area contributed by atoms with Crippen LogP contribution in [0.2, 0.25) is 0 Å². The van der Waals surface area contributed by atoms with Gasteiger partial charge in [0.2, 0.25) is 5.91 Å². The van der Waals surface area contributed by atoms with Crippen LogP contribution in [0.25, 0.3) is 0 Å². The molecular weight excluding hydrogens is 300 g/mol. The molecule has 128 valence electrons. The maximum absolute atomic E-state index is 12.3. The standard InChI is InChI=1S/C20H26N2O2/c1-16-9-7-8-12-19(16)24-14-13-22(3)17(2)20(23)21-15-18-10-5-4-6-11-18/h4-12,17H,13-15H2,1-3H3,(H,21,23)/t17-/m0/s1. The number of carbonyl (C=O) groups excluding carboxylic acids is 1. The number of benzene rings is 2. The van der Waals surface area contributed by atoms with E-state index in [-0.39, 0.29) is 11.9 Å². The van der Waals surface area contributed by atoms with Crippen LogP contribution in [0.1, 0.15) is 18.1 Å². The van der Waals surface area contributed by atoms with Gasteiger partial charge in [-0.05, 0) is 38.1 Å². The molecule has 0 aromatic heterocycles. The fourth-order valence-electron chi connectivity index (χ4n) is 2.34. The number of hydrogen-bond acceptors (Lipinski definition) is 3. The van der Waals surface area contributed by atoms with Gasteiger partial charge >= 0.3 is 0 Å². The molecule has 4 nitrogen and oxygen atoms in total. The molecule has 1 amide bonds. The van der Waals surface area contributed by atoms with Crippen LogP contribution < -0.4 is 10.1 Å². The molecule has 0 aliphatic heterocycles. The largest absolute Gasteiger partial charge is 0.492 e. The number of hydrogen-bond donors (Lipinski definition) is 1.